The van der Waals surface area contributed by atoms with Crippen molar-refractivity contribution in [1.29, 1.82) is 0 Å². The molecule has 6 nitrogen and oxygen atoms in total. The van der Waals surface area contributed by atoms with Crippen LogP contribution in [0.4, 0.5) is 0 Å². The zero-order chi connectivity index (χ0) is 12.8. The van der Waals surface area contributed by atoms with Gasteiger partial charge in [0.1, 0.15) is 0 Å². The normalized spacial score (nSPS) is 10.3. The SMILES string of the molecule is CCOc1cccc(CN)c1OCc1ncon1. The van der Waals surface area contributed by atoms with Gasteiger partial charge in [-0.3, -0.25) is 0 Å². The third-order valence-corrected chi connectivity index (χ3v) is 2.33. The van der Waals surface area contributed by atoms with Crippen molar-refractivity contribution in [3.8, 4) is 11.5 Å². The molecular weight excluding hydrogens is 234 g/mol. The van der Waals surface area contributed by atoms with E-state index in [0.717, 1.165) is 5.56 Å². The molecule has 2 N–H and O–H groups in total. The molecule has 96 valence electrons. The van der Waals surface area contributed by atoms with Crippen LogP contribution in [-0.4, -0.2) is 16.7 Å². The molecule has 18 heavy (non-hydrogen) atoms. The van der Waals surface area contributed by atoms with Gasteiger partial charge in [0.05, 0.1) is 6.61 Å². The Morgan fingerprint density at radius 2 is 2.22 bits per heavy atom. The first-order chi connectivity index (χ1) is 8.85. The van der Waals surface area contributed by atoms with Crippen molar-refractivity contribution in [2.45, 2.75) is 20.1 Å². The first kappa shape index (κ1) is 12.4. The predicted octanol–water partition coefficient (Wildman–Crippen LogP) is 1.51. The molecule has 6 heteroatoms. The van der Waals surface area contributed by atoms with Gasteiger partial charge in [-0.2, -0.15) is 4.98 Å². The van der Waals surface area contributed by atoms with E-state index in [4.69, 9.17) is 15.2 Å². The Balaban J connectivity index is 2.18. The molecule has 0 amide bonds. The topological polar surface area (TPSA) is 83.4 Å². The van der Waals surface area contributed by atoms with E-state index in [2.05, 4.69) is 14.7 Å². The molecule has 0 bridgehead atoms. The fourth-order valence-corrected chi connectivity index (χ4v) is 1.55. The summed E-state index contributed by atoms with van der Waals surface area (Å²) < 4.78 is 15.8. The molecule has 0 aliphatic carbocycles. The Kier molecular flexibility index (Phi) is 4.14. The Morgan fingerprint density at radius 3 is 2.89 bits per heavy atom. The first-order valence-electron chi connectivity index (χ1n) is 5.68. The minimum Gasteiger partial charge on any atom is -0.490 e. The van der Waals surface area contributed by atoms with Crippen LogP contribution in [-0.2, 0) is 13.2 Å². The molecule has 0 spiro atoms. The minimum atomic E-state index is 0.216. The first-order valence-corrected chi connectivity index (χ1v) is 5.68. The number of ether oxygens (including phenoxy) is 2. The lowest BCUT2D eigenvalue weighted by Gasteiger charge is -2.14. The van der Waals surface area contributed by atoms with Gasteiger partial charge in [0.2, 0.25) is 12.2 Å². The van der Waals surface area contributed by atoms with Crippen LogP contribution in [0.1, 0.15) is 18.3 Å². The molecule has 0 saturated heterocycles. The average Bonchev–Trinajstić information content (AvgIpc) is 2.90. The number of nitrogens with two attached hydrogens (primary N) is 1. The van der Waals surface area contributed by atoms with Crippen LogP contribution in [0.2, 0.25) is 0 Å². The average molecular weight is 249 g/mol. The molecule has 1 aromatic heterocycles. The molecule has 0 unspecified atom stereocenters. The van der Waals surface area contributed by atoms with Crippen LogP contribution in [0, 0.1) is 0 Å². The smallest absolute Gasteiger partial charge is 0.213 e. The van der Waals surface area contributed by atoms with Crippen molar-refractivity contribution >= 4 is 0 Å². The third kappa shape index (κ3) is 2.78. The molecule has 1 aromatic carbocycles. The number of hydrogen-bond donors (Lipinski definition) is 1. The molecule has 0 saturated carbocycles. The largest absolute Gasteiger partial charge is 0.490 e. The van der Waals surface area contributed by atoms with Crippen molar-refractivity contribution in [3.63, 3.8) is 0 Å². The van der Waals surface area contributed by atoms with Crippen molar-refractivity contribution < 1.29 is 14.0 Å². The van der Waals surface area contributed by atoms with Gasteiger partial charge >= 0.3 is 0 Å². The van der Waals surface area contributed by atoms with E-state index < -0.39 is 0 Å². The van der Waals surface area contributed by atoms with Gasteiger partial charge in [-0.1, -0.05) is 17.3 Å². The van der Waals surface area contributed by atoms with E-state index in [-0.39, 0.29) is 6.61 Å². The zero-order valence-corrected chi connectivity index (χ0v) is 10.1. The number of nitrogens with zero attached hydrogens (tertiary/aromatic N) is 2. The van der Waals surface area contributed by atoms with E-state index in [9.17, 15) is 0 Å². The lowest BCUT2D eigenvalue weighted by atomic mass is 10.2. The highest BCUT2D eigenvalue weighted by atomic mass is 16.5. The summed E-state index contributed by atoms with van der Waals surface area (Å²) in [5.74, 6) is 1.78. The highest BCUT2D eigenvalue weighted by molar-refractivity contribution is 5.46. The van der Waals surface area contributed by atoms with Crippen LogP contribution >= 0.6 is 0 Å². The lowest BCUT2D eigenvalue weighted by Crippen LogP contribution is -2.06. The lowest BCUT2D eigenvalue weighted by molar-refractivity contribution is 0.256. The van der Waals surface area contributed by atoms with E-state index in [1.807, 2.05) is 25.1 Å². The molecule has 0 atom stereocenters. The summed E-state index contributed by atoms with van der Waals surface area (Å²) in [5, 5.41) is 3.68. The maximum absolute atomic E-state index is 5.68. The van der Waals surface area contributed by atoms with Crippen LogP contribution in [0.25, 0.3) is 0 Å². The van der Waals surface area contributed by atoms with E-state index in [0.29, 0.717) is 30.5 Å². The Morgan fingerprint density at radius 1 is 1.33 bits per heavy atom. The third-order valence-electron chi connectivity index (χ3n) is 2.33. The highest BCUT2D eigenvalue weighted by Gasteiger charge is 2.11. The zero-order valence-electron chi connectivity index (χ0n) is 10.1. The second-order valence-corrected chi connectivity index (χ2v) is 3.52. The number of rotatable bonds is 6. The van der Waals surface area contributed by atoms with Gasteiger partial charge in [0.25, 0.3) is 0 Å². The fraction of sp³-hybridized carbons (Fsp3) is 0.333. The monoisotopic (exact) mass is 249 g/mol. The maximum Gasteiger partial charge on any atom is 0.213 e. The van der Waals surface area contributed by atoms with Crippen LogP contribution in [0.3, 0.4) is 0 Å². The number of aromatic nitrogens is 2. The van der Waals surface area contributed by atoms with Crippen molar-refractivity contribution in [3.05, 3.63) is 36.0 Å². The van der Waals surface area contributed by atoms with Crippen LogP contribution in [0.15, 0.2) is 29.1 Å². The molecule has 2 aromatic rings. The van der Waals surface area contributed by atoms with E-state index in [1.165, 1.54) is 6.39 Å². The summed E-state index contributed by atoms with van der Waals surface area (Å²) in [7, 11) is 0. The Labute approximate surface area is 105 Å². The molecule has 0 aliphatic rings. The molecule has 0 aliphatic heterocycles. The van der Waals surface area contributed by atoms with Gasteiger partial charge in [-0.25, -0.2) is 0 Å². The predicted molar refractivity (Wildman–Crippen MR) is 64.1 cm³/mol. The van der Waals surface area contributed by atoms with Crippen LogP contribution < -0.4 is 15.2 Å². The summed E-state index contributed by atoms with van der Waals surface area (Å²) >= 11 is 0. The highest BCUT2D eigenvalue weighted by Crippen LogP contribution is 2.31. The van der Waals surface area contributed by atoms with Crippen molar-refractivity contribution in [1.82, 2.24) is 10.1 Å². The summed E-state index contributed by atoms with van der Waals surface area (Å²) in [5.41, 5.74) is 6.56. The van der Waals surface area contributed by atoms with Crippen molar-refractivity contribution in [2.75, 3.05) is 6.61 Å². The molecular formula is C12H15N3O3. The summed E-state index contributed by atoms with van der Waals surface area (Å²) in [6.07, 6.45) is 1.26. The van der Waals surface area contributed by atoms with Gasteiger partial charge in [-0.05, 0) is 13.0 Å². The van der Waals surface area contributed by atoms with Gasteiger partial charge in [-0.15, -0.1) is 0 Å². The Bertz CT molecular complexity index is 485. The number of para-hydroxylation sites is 1. The Hall–Kier alpha value is -2.08. The van der Waals surface area contributed by atoms with Gasteiger partial charge in [0.15, 0.2) is 18.1 Å². The molecule has 2 rings (SSSR count). The second-order valence-electron chi connectivity index (χ2n) is 3.52. The molecule has 0 radical (unpaired) electrons. The quantitative estimate of drug-likeness (QED) is 0.835. The summed E-state index contributed by atoms with van der Waals surface area (Å²) in [6, 6.07) is 5.62. The fourth-order valence-electron chi connectivity index (χ4n) is 1.55. The molecule has 0 fully saturated rings. The van der Waals surface area contributed by atoms with E-state index >= 15 is 0 Å². The van der Waals surface area contributed by atoms with Crippen molar-refractivity contribution in [2.24, 2.45) is 5.73 Å². The number of benzene rings is 1. The second kappa shape index (κ2) is 6.02. The maximum atomic E-state index is 5.68. The van der Waals surface area contributed by atoms with Crippen LogP contribution in [0.5, 0.6) is 11.5 Å². The summed E-state index contributed by atoms with van der Waals surface area (Å²) in [6.45, 7) is 3.07. The standard InChI is InChI=1S/C12H15N3O3/c1-2-16-10-5-3-4-9(6-13)12(10)17-7-11-14-8-18-15-11/h3-5,8H,2,6-7,13H2,1H3. The number of hydrogen-bond acceptors (Lipinski definition) is 6. The van der Waals surface area contributed by atoms with E-state index in [1.54, 1.807) is 0 Å². The molecule has 1 heterocycles. The minimum absolute atomic E-state index is 0.216. The van der Waals surface area contributed by atoms with Gasteiger partial charge in [0, 0.05) is 12.1 Å². The summed E-state index contributed by atoms with van der Waals surface area (Å²) in [4.78, 5) is 3.89. The van der Waals surface area contributed by atoms with Gasteiger partial charge < -0.3 is 19.7 Å².